The number of hydrogen-bond acceptors (Lipinski definition) is 3. The largest absolute Gasteiger partial charge is 0.381 e. The van der Waals surface area contributed by atoms with Gasteiger partial charge in [0.05, 0.1) is 5.69 Å². The highest BCUT2D eigenvalue weighted by Gasteiger charge is 2.22. The van der Waals surface area contributed by atoms with Crippen LogP contribution in [0.5, 0.6) is 0 Å². The van der Waals surface area contributed by atoms with Gasteiger partial charge in [0.2, 0.25) is 0 Å². The number of nitrogens with one attached hydrogen (secondary N) is 1. The molecule has 5 heteroatoms. The van der Waals surface area contributed by atoms with Crippen LogP contribution in [0, 0.1) is 5.82 Å². The Morgan fingerprint density at radius 2 is 2.15 bits per heavy atom. The third kappa shape index (κ3) is 1.51. The Morgan fingerprint density at radius 1 is 1.46 bits per heavy atom. The molecule has 0 aliphatic carbocycles. The lowest BCUT2D eigenvalue weighted by Crippen LogP contribution is -2.15. The van der Waals surface area contributed by atoms with Crippen LogP contribution in [-0.4, -0.2) is 23.4 Å². The Balaban J connectivity index is 2.18. The van der Waals surface area contributed by atoms with E-state index >= 15 is 0 Å². The van der Waals surface area contributed by atoms with Crippen LogP contribution < -0.4 is 5.73 Å². The maximum atomic E-state index is 13.3. The molecule has 1 saturated heterocycles. The fourth-order valence-corrected chi connectivity index (χ4v) is 1.61. The second-order valence-electron chi connectivity index (χ2n) is 3.22. The van der Waals surface area contributed by atoms with Crippen LogP contribution >= 0.6 is 0 Å². The first-order valence-corrected chi connectivity index (χ1v) is 4.36. The summed E-state index contributed by atoms with van der Waals surface area (Å²) in [6.45, 7) is 1.37. The van der Waals surface area contributed by atoms with Gasteiger partial charge in [-0.25, -0.2) is 4.39 Å². The molecule has 0 amide bonds. The number of nitrogens with two attached hydrogens (primary N) is 1. The molecule has 1 aliphatic rings. The van der Waals surface area contributed by atoms with Crippen LogP contribution in [0.2, 0.25) is 0 Å². The monoisotopic (exact) mass is 185 g/mol. The molecule has 1 fully saturated rings. The Kier molecular flexibility index (Phi) is 2.18. The molecule has 3 N–H and O–H groups in total. The van der Waals surface area contributed by atoms with Crippen molar-refractivity contribution in [2.45, 2.75) is 18.8 Å². The van der Waals surface area contributed by atoms with Crippen LogP contribution in [0.15, 0.2) is 0 Å². The Bertz CT molecular complexity index is 294. The van der Waals surface area contributed by atoms with E-state index < -0.39 is 5.82 Å². The van der Waals surface area contributed by atoms with Crippen molar-refractivity contribution in [2.75, 3.05) is 18.9 Å². The molecule has 0 saturated carbocycles. The summed E-state index contributed by atoms with van der Waals surface area (Å²) in [6, 6.07) is 0. The normalized spacial score (nSPS) is 19.2. The summed E-state index contributed by atoms with van der Waals surface area (Å²) in [7, 11) is 0. The summed E-state index contributed by atoms with van der Waals surface area (Å²) in [5.74, 6) is -0.257. The summed E-state index contributed by atoms with van der Waals surface area (Å²) in [6.07, 6.45) is 1.66. The van der Waals surface area contributed by atoms with Gasteiger partial charge in [-0.1, -0.05) is 0 Å². The summed E-state index contributed by atoms with van der Waals surface area (Å²) in [5.41, 5.74) is 5.83. The predicted octanol–water partition coefficient (Wildman–Crippen LogP) is 1.02. The van der Waals surface area contributed by atoms with Gasteiger partial charge in [0.1, 0.15) is 0 Å². The number of rotatable bonds is 1. The Hall–Kier alpha value is -1.10. The van der Waals surface area contributed by atoms with Gasteiger partial charge in [-0.15, -0.1) is 0 Å². The number of aromatic amines is 1. The quantitative estimate of drug-likeness (QED) is 0.686. The third-order valence-corrected chi connectivity index (χ3v) is 2.39. The molecule has 0 aromatic carbocycles. The van der Waals surface area contributed by atoms with Gasteiger partial charge in [-0.05, 0) is 12.8 Å². The zero-order valence-corrected chi connectivity index (χ0v) is 7.22. The molecule has 2 heterocycles. The minimum Gasteiger partial charge on any atom is -0.381 e. The molecular formula is C8H12FN3O. The fraction of sp³-hybridized carbons (Fsp3) is 0.625. The molecule has 72 valence electrons. The fourth-order valence-electron chi connectivity index (χ4n) is 1.61. The Morgan fingerprint density at radius 3 is 2.69 bits per heavy atom. The van der Waals surface area contributed by atoms with E-state index in [1.54, 1.807) is 0 Å². The molecule has 1 aromatic rings. The molecule has 1 aliphatic heterocycles. The van der Waals surface area contributed by atoms with Gasteiger partial charge in [0.15, 0.2) is 11.6 Å². The molecule has 0 atom stereocenters. The van der Waals surface area contributed by atoms with Crippen molar-refractivity contribution in [3.05, 3.63) is 11.5 Å². The highest BCUT2D eigenvalue weighted by molar-refractivity contribution is 5.33. The minimum atomic E-state index is -0.396. The summed E-state index contributed by atoms with van der Waals surface area (Å²) >= 11 is 0. The number of halogens is 1. The molecule has 0 spiro atoms. The third-order valence-electron chi connectivity index (χ3n) is 2.39. The first-order chi connectivity index (χ1) is 6.29. The van der Waals surface area contributed by atoms with Crippen LogP contribution in [0.3, 0.4) is 0 Å². The number of aromatic nitrogens is 2. The number of H-pyrrole nitrogens is 1. The van der Waals surface area contributed by atoms with E-state index in [0.717, 1.165) is 12.8 Å². The van der Waals surface area contributed by atoms with Crippen LogP contribution in [0.25, 0.3) is 0 Å². The van der Waals surface area contributed by atoms with Crippen LogP contribution in [0.1, 0.15) is 24.5 Å². The maximum Gasteiger partial charge on any atom is 0.188 e. The van der Waals surface area contributed by atoms with Crippen LogP contribution in [0.4, 0.5) is 10.2 Å². The average molecular weight is 185 g/mol. The van der Waals surface area contributed by atoms with Crippen molar-refractivity contribution in [2.24, 2.45) is 0 Å². The number of nitrogen functional groups attached to an aromatic ring is 1. The van der Waals surface area contributed by atoms with Gasteiger partial charge in [-0.2, -0.15) is 5.10 Å². The summed E-state index contributed by atoms with van der Waals surface area (Å²) in [5, 5.41) is 6.27. The van der Waals surface area contributed by atoms with Crippen molar-refractivity contribution in [1.29, 1.82) is 0 Å². The van der Waals surface area contributed by atoms with E-state index in [1.807, 2.05) is 0 Å². The number of ether oxygens (including phenoxy) is 1. The van der Waals surface area contributed by atoms with Gasteiger partial charge in [0.25, 0.3) is 0 Å². The predicted molar refractivity (Wildman–Crippen MR) is 45.8 cm³/mol. The number of anilines is 1. The lowest BCUT2D eigenvalue weighted by Gasteiger charge is -2.20. The zero-order chi connectivity index (χ0) is 9.26. The van der Waals surface area contributed by atoms with E-state index in [-0.39, 0.29) is 11.7 Å². The average Bonchev–Trinajstić information content (AvgIpc) is 2.49. The Labute approximate surface area is 75.3 Å². The molecule has 0 bridgehead atoms. The van der Waals surface area contributed by atoms with Crippen molar-refractivity contribution in [1.82, 2.24) is 10.2 Å². The van der Waals surface area contributed by atoms with Gasteiger partial charge < -0.3 is 10.5 Å². The van der Waals surface area contributed by atoms with Crippen molar-refractivity contribution < 1.29 is 9.13 Å². The van der Waals surface area contributed by atoms with E-state index in [4.69, 9.17) is 10.5 Å². The van der Waals surface area contributed by atoms with Gasteiger partial charge in [0, 0.05) is 19.1 Å². The van der Waals surface area contributed by atoms with E-state index in [0.29, 0.717) is 18.9 Å². The maximum absolute atomic E-state index is 13.3. The summed E-state index contributed by atoms with van der Waals surface area (Å²) in [4.78, 5) is 0. The van der Waals surface area contributed by atoms with Crippen molar-refractivity contribution in [3.8, 4) is 0 Å². The molecule has 13 heavy (non-hydrogen) atoms. The van der Waals surface area contributed by atoms with E-state index in [9.17, 15) is 4.39 Å². The number of hydrogen-bond donors (Lipinski definition) is 2. The molecule has 2 rings (SSSR count). The highest BCUT2D eigenvalue weighted by Crippen LogP contribution is 2.28. The molecule has 0 radical (unpaired) electrons. The molecule has 4 nitrogen and oxygen atoms in total. The molecule has 1 aromatic heterocycles. The second-order valence-corrected chi connectivity index (χ2v) is 3.22. The second kappa shape index (κ2) is 3.33. The van der Waals surface area contributed by atoms with Crippen molar-refractivity contribution in [3.63, 3.8) is 0 Å². The topological polar surface area (TPSA) is 63.9 Å². The van der Waals surface area contributed by atoms with Gasteiger partial charge >= 0.3 is 0 Å². The molecular weight excluding hydrogens is 173 g/mol. The lowest BCUT2D eigenvalue weighted by molar-refractivity contribution is 0.0838. The van der Waals surface area contributed by atoms with Crippen LogP contribution in [-0.2, 0) is 4.74 Å². The highest BCUT2D eigenvalue weighted by atomic mass is 19.1. The number of nitrogens with zero attached hydrogens (tertiary/aromatic N) is 1. The first kappa shape index (κ1) is 8.50. The SMILES string of the molecule is Nc1n[nH]c(C2CCOCC2)c1F. The van der Waals surface area contributed by atoms with Crippen molar-refractivity contribution >= 4 is 5.82 Å². The standard InChI is InChI=1S/C8H12FN3O/c9-6-7(11-12-8(6)10)5-1-3-13-4-2-5/h5H,1-4H2,(H3,10,11,12). The zero-order valence-electron chi connectivity index (χ0n) is 7.22. The van der Waals surface area contributed by atoms with E-state index in [1.165, 1.54) is 0 Å². The van der Waals surface area contributed by atoms with E-state index in [2.05, 4.69) is 10.2 Å². The summed E-state index contributed by atoms with van der Waals surface area (Å²) < 4.78 is 18.5. The molecule has 0 unspecified atom stereocenters. The van der Waals surface area contributed by atoms with Gasteiger partial charge in [-0.3, -0.25) is 5.10 Å². The first-order valence-electron chi connectivity index (χ1n) is 4.36. The lowest BCUT2D eigenvalue weighted by atomic mass is 9.96. The minimum absolute atomic E-state index is 0.0403. The smallest absolute Gasteiger partial charge is 0.188 e.